The molecule has 2 aromatic rings. The molecule has 0 spiro atoms. The number of rotatable bonds is 5. The predicted octanol–water partition coefficient (Wildman–Crippen LogP) is 3.56. The van der Waals surface area contributed by atoms with E-state index >= 15 is 0 Å². The zero-order chi connectivity index (χ0) is 13.0. The lowest BCUT2D eigenvalue weighted by molar-refractivity contribution is 1.01. The number of benzene rings is 1. The van der Waals surface area contributed by atoms with Gasteiger partial charge in [0.1, 0.15) is 10.8 Å². The first-order valence-corrected chi connectivity index (χ1v) is 7.85. The Balaban J connectivity index is 2.23. The Morgan fingerprint density at radius 1 is 1.39 bits per heavy atom. The Hall–Kier alpha value is -1.20. The van der Waals surface area contributed by atoms with E-state index in [4.69, 9.17) is 5.73 Å². The summed E-state index contributed by atoms with van der Waals surface area (Å²) in [4.78, 5) is 0. The number of nitrogen functional groups attached to an aromatic ring is 1. The van der Waals surface area contributed by atoms with Crippen LogP contribution in [-0.4, -0.2) is 22.4 Å². The van der Waals surface area contributed by atoms with Gasteiger partial charge < -0.3 is 11.1 Å². The molecule has 0 amide bonds. The van der Waals surface area contributed by atoms with Crippen molar-refractivity contribution < 1.29 is 0 Å². The van der Waals surface area contributed by atoms with Gasteiger partial charge in [0.15, 0.2) is 0 Å². The normalized spacial score (nSPS) is 12.3. The van der Waals surface area contributed by atoms with Gasteiger partial charge in [-0.1, -0.05) is 37.3 Å². The largest absolute Gasteiger partial charge is 0.382 e. The molecule has 0 radical (unpaired) electrons. The lowest BCUT2D eigenvalue weighted by Gasteiger charge is -2.11. The molecule has 18 heavy (non-hydrogen) atoms. The second-order valence-corrected chi connectivity index (χ2v) is 6.11. The highest BCUT2D eigenvalue weighted by Gasteiger charge is 2.13. The topological polar surface area (TPSA) is 50.9 Å². The lowest BCUT2D eigenvalue weighted by atomic mass is 10.1. The molecule has 0 aliphatic rings. The molecule has 5 heteroatoms. The van der Waals surface area contributed by atoms with Gasteiger partial charge in [0.2, 0.25) is 0 Å². The summed E-state index contributed by atoms with van der Waals surface area (Å²) in [5, 5.41) is 5.06. The van der Waals surface area contributed by atoms with E-state index in [9.17, 15) is 0 Å². The standard InChI is InChI=1S/C13H17N3S2/c1-9(17-2)8-15-13-11(12(14)16-18-13)10-6-4-3-5-7-10/h3-7,9,15H,8H2,1-2H3,(H2,14,16). The van der Waals surface area contributed by atoms with E-state index in [2.05, 4.69) is 35.0 Å². The molecule has 0 saturated carbocycles. The highest BCUT2D eigenvalue weighted by molar-refractivity contribution is 7.99. The minimum atomic E-state index is 0.567. The molecule has 1 heterocycles. The summed E-state index contributed by atoms with van der Waals surface area (Å²) in [6, 6.07) is 10.1. The average molecular weight is 279 g/mol. The lowest BCUT2D eigenvalue weighted by Crippen LogP contribution is -2.12. The molecule has 0 fully saturated rings. The number of anilines is 2. The number of nitrogens with zero attached hydrogens (tertiary/aromatic N) is 1. The third-order valence-electron chi connectivity index (χ3n) is 2.73. The summed E-state index contributed by atoms with van der Waals surface area (Å²) >= 11 is 3.27. The van der Waals surface area contributed by atoms with E-state index in [1.54, 1.807) is 0 Å². The molecule has 0 saturated heterocycles. The van der Waals surface area contributed by atoms with Crippen LogP contribution < -0.4 is 11.1 Å². The van der Waals surface area contributed by atoms with Gasteiger partial charge in [0.25, 0.3) is 0 Å². The van der Waals surface area contributed by atoms with Crippen molar-refractivity contribution in [2.75, 3.05) is 23.9 Å². The molecular formula is C13H17N3S2. The van der Waals surface area contributed by atoms with Gasteiger partial charge in [0.05, 0.1) is 5.56 Å². The van der Waals surface area contributed by atoms with E-state index in [0.717, 1.165) is 22.7 Å². The fourth-order valence-electron chi connectivity index (χ4n) is 1.63. The van der Waals surface area contributed by atoms with E-state index in [1.165, 1.54) is 11.5 Å². The molecule has 1 aromatic heterocycles. The van der Waals surface area contributed by atoms with Crippen LogP contribution >= 0.6 is 23.3 Å². The van der Waals surface area contributed by atoms with Crippen LogP contribution in [0.5, 0.6) is 0 Å². The van der Waals surface area contributed by atoms with Crippen molar-refractivity contribution in [2.45, 2.75) is 12.2 Å². The molecule has 1 unspecified atom stereocenters. The van der Waals surface area contributed by atoms with Crippen molar-refractivity contribution in [2.24, 2.45) is 0 Å². The van der Waals surface area contributed by atoms with Gasteiger partial charge >= 0.3 is 0 Å². The summed E-state index contributed by atoms with van der Waals surface area (Å²) < 4.78 is 4.25. The first kappa shape index (κ1) is 13.2. The highest BCUT2D eigenvalue weighted by Crippen LogP contribution is 2.36. The summed E-state index contributed by atoms with van der Waals surface area (Å²) in [7, 11) is 0. The maximum Gasteiger partial charge on any atom is 0.147 e. The molecule has 2 rings (SSSR count). The monoisotopic (exact) mass is 279 g/mol. The zero-order valence-electron chi connectivity index (χ0n) is 10.5. The Kier molecular flexibility index (Phi) is 4.49. The number of nitrogens with two attached hydrogens (primary N) is 1. The summed E-state index contributed by atoms with van der Waals surface area (Å²) in [6.07, 6.45) is 2.12. The fraction of sp³-hybridized carbons (Fsp3) is 0.308. The SMILES string of the molecule is CSC(C)CNc1snc(N)c1-c1ccccc1. The summed E-state index contributed by atoms with van der Waals surface area (Å²) in [6.45, 7) is 3.12. The second kappa shape index (κ2) is 6.11. The summed E-state index contributed by atoms with van der Waals surface area (Å²) in [5.74, 6) is 0.602. The number of hydrogen-bond acceptors (Lipinski definition) is 5. The average Bonchev–Trinajstić information content (AvgIpc) is 2.78. The molecule has 1 aromatic carbocycles. The van der Waals surface area contributed by atoms with E-state index in [1.807, 2.05) is 30.0 Å². The van der Waals surface area contributed by atoms with Crippen LogP contribution in [0.2, 0.25) is 0 Å². The minimum Gasteiger partial charge on any atom is -0.382 e. The van der Waals surface area contributed by atoms with Crippen molar-refractivity contribution in [3.05, 3.63) is 30.3 Å². The molecule has 3 nitrogen and oxygen atoms in total. The van der Waals surface area contributed by atoms with E-state index < -0.39 is 0 Å². The van der Waals surface area contributed by atoms with Crippen molar-refractivity contribution in [3.8, 4) is 11.1 Å². The first-order valence-electron chi connectivity index (χ1n) is 5.79. The molecule has 0 aliphatic heterocycles. The third kappa shape index (κ3) is 2.97. The van der Waals surface area contributed by atoms with Crippen LogP contribution in [-0.2, 0) is 0 Å². The quantitative estimate of drug-likeness (QED) is 0.878. The van der Waals surface area contributed by atoms with Crippen LogP contribution in [0.15, 0.2) is 30.3 Å². The summed E-state index contributed by atoms with van der Waals surface area (Å²) in [5.41, 5.74) is 8.10. The smallest absolute Gasteiger partial charge is 0.147 e. The van der Waals surface area contributed by atoms with Crippen LogP contribution in [0.4, 0.5) is 10.8 Å². The van der Waals surface area contributed by atoms with Crippen molar-refractivity contribution >= 4 is 34.1 Å². The van der Waals surface area contributed by atoms with Crippen LogP contribution in [0, 0.1) is 0 Å². The number of nitrogens with one attached hydrogen (secondary N) is 1. The van der Waals surface area contributed by atoms with Gasteiger partial charge in [-0.05, 0) is 23.4 Å². The fourth-order valence-corrected chi connectivity index (χ4v) is 2.62. The number of thioether (sulfide) groups is 1. The molecular weight excluding hydrogens is 262 g/mol. The molecule has 3 N–H and O–H groups in total. The van der Waals surface area contributed by atoms with Gasteiger partial charge in [-0.15, -0.1) is 0 Å². The van der Waals surface area contributed by atoms with Crippen molar-refractivity contribution in [1.29, 1.82) is 0 Å². The predicted molar refractivity (Wildman–Crippen MR) is 83.4 cm³/mol. The zero-order valence-corrected chi connectivity index (χ0v) is 12.1. The molecule has 1 atom stereocenters. The van der Waals surface area contributed by atoms with Crippen LogP contribution in [0.3, 0.4) is 0 Å². The Morgan fingerprint density at radius 3 is 2.78 bits per heavy atom. The minimum absolute atomic E-state index is 0.567. The Morgan fingerprint density at radius 2 is 2.11 bits per heavy atom. The first-order chi connectivity index (χ1) is 8.72. The van der Waals surface area contributed by atoms with Crippen molar-refractivity contribution in [3.63, 3.8) is 0 Å². The van der Waals surface area contributed by atoms with Gasteiger partial charge in [0, 0.05) is 11.8 Å². The maximum absolute atomic E-state index is 5.97. The Bertz CT molecular complexity index is 496. The van der Waals surface area contributed by atoms with E-state index in [-0.39, 0.29) is 0 Å². The second-order valence-electron chi connectivity index (χ2n) is 4.07. The van der Waals surface area contributed by atoms with E-state index in [0.29, 0.717) is 11.1 Å². The van der Waals surface area contributed by atoms with Crippen LogP contribution in [0.25, 0.3) is 11.1 Å². The number of hydrogen-bond donors (Lipinski definition) is 2. The van der Waals surface area contributed by atoms with Crippen molar-refractivity contribution in [1.82, 2.24) is 4.37 Å². The maximum atomic E-state index is 5.97. The third-order valence-corrected chi connectivity index (χ3v) is 4.52. The number of aromatic nitrogens is 1. The highest BCUT2D eigenvalue weighted by atomic mass is 32.2. The Labute approximate surface area is 116 Å². The van der Waals surface area contributed by atoms with Gasteiger partial charge in [-0.2, -0.15) is 16.1 Å². The molecule has 96 valence electrons. The molecule has 0 bridgehead atoms. The van der Waals surface area contributed by atoms with Gasteiger partial charge in [-0.25, -0.2) is 0 Å². The molecule has 0 aliphatic carbocycles. The van der Waals surface area contributed by atoms with Crippen LogP contribution in [0.1, 0.15) is 6.92 Å². The van der Waals surface area contributed by atoms with Gasteiger partial charge in [-0.3, -0.25) is 0 Å².